The van der Waals surface area contributed by atoms with Crippen molar-refractivity contribution in [1.29, 1.82) is 0 Å². The van der Waals surface area contributed by atoms with Crippen molar-refractivity contribution in [2.45, 2.75) is 19.4 Å². The number of methoxy groups -OCH3 is 1. The van der Waals surface area contributed by atoms with Crippen LogP contribution in [0.5, 0.6) is 5.88 Å². The van der Waals surface area contributed by atoms with Gasteiger partial charge in [-0.1, -0.05) is 5.16 Å². The van der Waals surface area contributed by atoms with Gasteiger partial charge in [-0.2, -0.15) is 15.1 Å². The normalized spacial score (nSPS) is 15.6. The Balaban J connectivity index is 1.39. The van der Waals surface area contributed by atoms with Crippen molar-refractivity contribution in [2.75, 3.05) is 37.1 Å². The molecular weight excluding hydrogens is 432 g/mol. The van der Waals surface area contributed by atoms with E-state index in [2.05, 4.69) is 40.5 Å². The number of aryl methyl sites for hydroxylation is 1. The summed E-state index contributed by atoms with van der Waals surface area (Å²) in [6, 6.07) is 5.56. The van der Waals surface area contributed by atoms with E-state index in [-0.39, 0.29) is 6.04 Å². The fraction of sp³-hybridized carbons (Fsp3) is 0.350. The largest absolute Gasteiger partial charge is 0.475 e. The van der Waals surface area contributed by atoms with E-state index in [1.54, 1.807) is 19.4 Å². The summed E-state index contributed by atoms with van der Waals surface area (Å²) in [7, 11) is 1.63. The second-order valence-corrected chi connectivity index (χ2v) is 8.14. The zero-order chi connectivity index (χ0) is 21.9. The van der Waals surface area contributed by atoms with Crippen LogP contribution < -0.4 is 15.0 Å². The molecule has 1 fully saturated rings. The first-order valence-electron chi connectivity index (χ1n) is 10.1. The van der Waals surface area contributed by atoms with E-state index in [0.717, 1.165) is 35.1 Å². The summed E-state index contributed by atoms with van der Waals surface area (Å²) in [4.78, 5) is 15.7. The van der Waals surface area contributed by atoms with Gasteiger partial charge in [0, 0.05) is 49.1 Å². The molecule has 0 spiro atoms. The van der Waals surface area contributed by atoms with Gasteiger partial charge in [0.05, 0.1) is 12.6 Å². The summed E-state index contributed by atoms with van der Waals surface area (Å²) in [5.41, 5.74) is 1.68. The van der Waals surface area contributed by atoms with Gasteiger partial charge in [-0.3, -0.25) is 5.10 Å². The molecule has 1 aliphatic rings. The average molecular weight is 455 g/mol. The number of hydrogen-bond acceptors (Lipinski definition) is 11. The van der Waals surface area contributed by atoms with Crippen LogP contribution in [0.25, 0.3) is 10.7 Å². The molecule has 5 rings (SSSR count). The van der Waals surface area contributed by atoms with Crippen LogP contribution in [0.4, 0.5) is 17.6 Å². The number of ether oxygens (including phenoxy) is 2. The second-order valence-electron chi connectivity index (χ2n) is 7.24. The number of rotatable bonds is 9. The van der Waals surface area contributed by atoms with Gasteiger partial charge in [0.25, 0.3) is 0 Å². The predicted octanol–water partition coefficient (Wildman–Crippen LogP) is 3.34. The number of thiazole rings is 1. The summed E-state index contributed by atoms with van der Waals surface area (Å²) >= 11 is 1.52. The molecular formula is C20H22N8O3S. The number of aromatic nitrogens is 6. The van der Waals surface area contributed by atoms with Crippen LogP contribution in [0.2, 0.25) is 0 Å². The smallest absolute Gasteiger partial charge is 0.231 e. The van der Waals surface area contributed by atoms with E-state index in [1.807, 2.05) is 24.4 Å². The molecule has 0 aliphatic carbocycles. The zero-order valence-corrected chi connectivity index (χ0v) is 18.4. The minimum absolute atomic E-state index is 0.00841. The Labute approximate surface area is 187 Å². The fourth-order valence-electron chi connectivity index (χ4n) is 3.34. The van der Waals surface area contributed by atoms with Crippen molar-refractivity contribution in [3.8, 4) is 16.6 Å². The lowest BCUT2D eigenvalue weighted by Crippen LogP contribution is -2.42. The molecule has 0 aromatic carbocycles. The SMILES string of the molecule is COCCOc1cc(Nc2cc(C)[nH]n2)nc(N2CCC2c2cc(-c3nccs3)no2)n1. The first-order chi connectivity index (χ1) is 15.7. The molecule has 0 saturated carbocycles. The highest BCUT2D eigenvalue weighted by Gasteiger charge is 2.35. The molecule has 1 saturated heterocycles. The molecule has 1 unspecified atom stereocenters. The molecule has 0 radical (unpaired) electrons. The lowest BCUT2D eigenvalue weighted by molar-refractivity contribution is 0.143. The highest BCUT2D eigenvalue weighted by molar-refractivity contribution is 7.13. The van der Waals surface area contributed by atoms with Gasteiger partial charge in [0.1, 0.15) is 23.1 Å². The third-order valence-corrected chi connectivity index (χ3v) is 5.77. The molecule has 166 valence electrons. The number of hydrogen-bond donors (Lipinski definition) is 2. The molecule has 0 amide bonds. The van der Waals surface area contributed by atoms with E-state index in [1.165, 1.54) is 11.3 Å². The molecule has 1 atom stereocenters. The van der Waals surface area contributed by atoms with E-state index in [9.17, 15) is 0 Å². The molecule has 2 N–H and O–H groups in total. The van der Waals surface area contributed by atoms with Gasteiger partial charge in [-0.25, -0.2) is 4.98 Å². The maximum absolute atomic E-state index is 5.77. The summed E-state index contributed by atoms with van der Waals surface area (Å²) < 4.78 is 16.5. The van der Waals surface area contributed by atoms with E-state index in [0.29, 0.717) is 36.7 Å². The number of H-pyrrole nitrogens is 1. The third-order valence-electron chi connectivity index (χ3n) is 4.98. The zero-order valence-electron chi connectivity index (χ0n) is 17.6. The Morgan fingerprint density at radius 3 is 2.91 bits per heavy atom. The maximum Gasteiger partial charge on any atom is 0.231 e. The van der Waals surface area contributed by atoms with Crippen LogP contribution in [0.1, 0.15) is 23.9 Å². The molecule has 11 nitrogen and oxygen atoms in total. The number of aromatic amines is 1. The Hall–Kier alpha value is -3.51. The minimum atomic E-state index is -0.00841. The van der Waals surface area contributed by atoms with Gasteiger partial charge >= 0.3 is 0 Å². The fourth-order valence-corrected chi connectivity index (χ4v) is 3.93. The highest BCUT2D eigenvalue weighted by atomic mass is 32.1. The second kappa shape index (κ2) is 8.93. The van der Waals surface area contributed by atoms with Crippen molar-refractivity contribution in [3.63, 3.8) is 0 Å². The summed E-state index contributed by atoms with van der Waals surface area (Å²) in [6.07, 6.45) is 2.66. The molecule has 32 heavy (non-hydrogen) atoms. The van der Waals surface area contributed by atoms with Crippen LogP contribution in [-0.4, -0.2) is 57.2 Å². The van der Waals surface area contributed by atoms with Gasteiger partial charge in [-0.15, -0.1) is 11.3 Å². The Morgan fingerprint density at radius 1 is 1.25 bits per heavy atom. The maximum atomic E-state index is 5.77. The molecule has 12 heteroatoms. The molecule has 0 bridgehead atoms. The molecule has 4 aromatic rings. The van der Waals surface area contributed by atoms with Crippen molar-refractivity contribution in [3.05, 3.63) is 41.2 Å². The van der Waals surface area contributed by atoms with Crippen LogP contribution >= 0.6 is 11.3 Å². The topological polar surface area (TPSA) is 127 Å². The molecule has 4 aromatic heterocycles. The van der Waals surface area contributed by atoms with Crippen molar-refractivity contribution in [2.24, 2.45) is 0 Å². The van der Waals surface area contributed by atoms with Gasteiger partial charge in [0.15, 0.2) is 11.6 Å². The number of anilines is 3. The van der Waals surface area contributed by atoms with Crippen molar-refractivity contribution in [1.82, 2.24) is 30.3 Å². The number of nitrogens with zero attached hydrogens (tertiary/aromatic N) is 6. The Kier molecular flexibility index (Phi) is 5.69. The summed E-state index contributed by atoms with van der Waals surface area (Å²) in [5, 5.41) is 17.2. The van der Waals surface area contributed by atoms with Crippen LogP contribution in [0.15, 0.2) is 34.3 Å². The molecule has 1 aliphatic heterocycles. The summed E-state index contributed by atoms with van der Waals surface area (Å²) in [6.45, 7) is 3.58. The van der Waals surface area contributed by atoms with E-state index >= 15 is 0 Å². The lowest BCUT2D eigenvalue weighted by atomic mass is 10.0. The van der Waals surface area contributed by atoms with E-state index < -0.39 is 0 Å². The van der Waals surface area contributed by atoms with Crippen LogP contribution in [0.3, 0.4) is 0 Å². The van der Waals surface area contributed by atoms with Gasteiger partial charge in [0.2, 0.25) is 11.8 Å². The van der Waals surface area contributed by atoms with E-state index in [4.69, 9.17) is 14.0 Å². The Bertz CT molecular complexity index is 1180. The quantitative estimate of drug-likeness (QED) is 0.363. The first kappa shape index (κ1) is 20.4. The average Bonchev–Trinajstić information content (AvgIpc) is 3.50. The summed E-state index contributed by atoms with van der Waals surface area (Å²) in [5.74, 6) is 3.00. The van der Waals surface area contributed by atoms with Crippen LogP contribution in [0, 0.1) is 6.92 Å². The monoisotopic (exact) mass is 454 g/mol. The van der Waals surface area contributed by atoms with Gasteiger partial charge < -0.3 is 24.2 Å². The standard InChI is InChI=1S/C20H22N8O3S/c1-12-9-17(26-25-12)22-16-11-18(30-7-6-29-2)24-20(23-16)28-5-3-14(28)15-10-13(27-31-15)19-21-4-8-32-19/h4,8-11,14H,3,5-7H2,1-2H3,(H2,22,23,24,25,26). The lowest BCUT2D eigenvalue weighted by Gasteiger charge is -2.39. The van der Waals surface area contributed by atoms with Crippen molar-refractivity contribution < 1.29 is 14.0 Å². The number of nitrogens with one attached hydrogen (secondary N) is 2. The first-order valence-corrected chi connectivity index (χ1v) is 11.0. The third kappa shape index (κ3) is 4.27. The van der Waals surface area contributed by atoms with Gasteiger partial charge in [-0.05, 0) is 13.3 Å². The predicted molar refractivity (Wildman–Crippen MR) is 118 cm³/mol. The Morgan fingerprint density at radius 2 is 2.19 bits per heavy atom. The highest BCUT2D eigenvalue weighted by Crippen LogP contribution is 2.38. The van der Waals surface area contributed by atoms with Crippen molar-refractivity contribution >= 4 is 28.9 Å². The van der Waals surface area contributed by atoms with Crippen LogP contribution in [-0.2, 0) is 4.74 Å². The minimum Gasteiger partial charge on any atom is -0.475 e. The molecule has 5 heterocycles.